The van der Waals surface area contributed by atoms with Gasteiger partial charge in [-0.05, 0) is 48.9 Å². The van der Waals surface area contributed by atoms with E-state index >= 15 is 0 Å². The molecule has 0 bridgehead atoms. The number of nitrogens with one attached hydrogen (secondary N) is 1. The fraction of sp³-hybridized carbons (Fsp3) is 0.0476. The van der Waals surface area contributed by atoms with E-state index in [1.54, 1.807) is 19.1 Å². The van der Waals surface area contributed by atoms with Crippen molar-refractivity contribution < 1.29 is 28.4 Å². The summed E-state index contributed by atoms with van der Waals surface area (Å²) in [6.45, 7) is 1.61. The van der Waals surface area contributed by atoms with Crippen molar-refractivity contribution in [3.05, 3.63) is 86.5 Å². The van der Waals surface area contributed by atoms with Crippen molar-refractivity contribution >= 4 is 51.6 Å². The minimum atomic E-state index is -0.919. The highest BCUT2D eigenvalue weighted by molar-refractivity contribution is 7.18. The Morgan fingerprint density at radius 3 is 2.32 bits per heavy atom. The molecule has 2 aromatic carbocycles. The van der Waals surface area contributed by atoms with Gasteiger partial charge in [-0.2, -0.15) is 0 Å². The van der Waals surface area contributed by atoms with Crippen LogP contribution in [0, 0.1) is 12.7 Å². The van der Waals surface area contributed by atoms with Crippen LogP contribution in [0.4, 0.5) is 9.39 Å². The lowest BCUT2D eigenvalue weighted by Gasteiger charge is -2.12. The summed E-state index contributed by atoms with van der Waals surface area (Å²) in [7, 11) is 0. The van der Waals surface area contributed by atoms with E-state index in [0.717, 1.165) is 23.5 Å². The highest BCUT2D eigenvalue weighted by Gasteiger charge is 2.39. The Morgan fingerprint density at radius 2 is 1.71 bits per heavy atom. The van der Waals surface area contributed by atoms with Crippen molar-refractivity contribution in [2.24, 2.45) is 0 Å². The molecule has 1 aliphatic heterocycles. The molecule has 1 N–H and O–H groups in total. The van der Waals surface area contributed by atoms with Crippen LogP contribution in [0.3, 0.4) is 0 Å². The average Bonchev–Trinajstić information content (AvgIpc) is 3.20. The van der Waals surface area contributed by atoms with E-state index in [4.69, 9.17) is 16.4 Å². The quantitative estimate of drug-likeness (QED) is 0.582. The van der Waals surface area contributed by atoms with Gasteiger partial charge >= 0.3 is 5.97 Å². The number of hydrogen-bond acceptors (Lipinski definition) is 6. The molecule has 7 nitrogen and oxygen atoms in total. The van der Waals surface area contributed by atoms with E-state index in [1.807, 2.05) is 0 Å². The van der Waals surface area contributed by atoms with Crippen molar-refractivity contribution in [1.82, 2.24) is 5.06 Å². The van der Waals surface area contributed by atoms with E-state index in [2.05, 4.69) is 5.32 Å². The first kappa shape index (κ1) is 20.7. The Morgan fingerprint density at radius 1 is 1.06 bits per heavy atom. The van der Waals surface area contributed by atoms with E-state index in [1.165, 1.54) is 24.3 Å². The number of anilines is 1. The molecule has 0 fully saturated rings. The van der Waals surface area contributed by atoms with Crippen LogP contribution in [0.25, 0.3) is 0 Å². The normalized spacial score (nSPS) is 12.7. The number of thiophene rings is 1. The van der Waals surface area contributed by atoms with Crippen LogP contribution in [-0.2, 0) is 4.84 Å². The Kier molecular flexibility index (Phi) is 5.30. The average molecular weight is 459 g/mol. The summed E-state index contributed by atoms with van der Waals surface area (Å²) in [5.74, 6) is -3.55. The Hall–Kier alpha value is -3.56. The summed E-state index contributed by atoms with van der Waals surface area (Å²) in [6.07, 6.45) is 0. The second-order valence-electron chi connectivity index (χ2n) is 6.53. The first-order valence-corrected chi connectivity index (χ1v) is 10.0. The molecule has 1 aromatic heterocycles. The van der Waals surface area contributed by atoms with E-state index < -0.39 is 29.5 Å². The highest BCUT2D eigenvalue weighted by atomic mass is 35.5. The van der Waals surface area contributed by atoms with Gasteiger partial charge < -0.3 is 10.2 Å². The van der Waals surface area contributed by atoms with Crippen molar-refractivity contribution in [2.75, 3.05) is 5.32 Å². The number of halogens is 2. The van der Waals surface area contributed by atoms with Crippen LogP contribution in [0.2, 0.25) is 5.02 Å². The van der Waals surface area contributed by atoms with E-state index in [9.17, 15) is 23.6 Å². The number of imide groups is 1. The summed E-state index contributed by atoms with van der Waals surface area (Å²) in [4.78, 5) is 54.9. The van der Waals surface area contributed by atoms with Gasteiger partial charge in [-0.3, -0.25) is 14.4 Å². The SMILES string of the molecule is Cc1cc(NC(=O)c2ccc(F)cc2Cl)sc1C(=O)ON1C(=O)c2ccccc2C1=O. The van der Waals surface area contributed by atoms with Gasteiger partial charge in [0.1, 0.15) is 10.7 Å². The highest BCUT2D eigenvalue weighted by Crippen LogP contribution is 2.30. The molecule has 0 radical (unpaired) electrons. The van der Waals surface area contributed by atoms with Gasteiger partial charge in [-0.1, -0.05) is 28.8 Å². The third kappa shape index (κ3) is 3.80. The van der Waals surface area contributed by atoms with Gasteiger partial charge in [0.05, 0.1) is 26.7 Å². The van der Waals surface area contributed by atoms with Crippen LogP contribution in [0.5, 0.6) is 0 Å². The molecule has 0 unspecified atom stereocenters. The number of carbonyl (C=O) groups is 4. The first-order valence-electron chi connectivity index (χ1n) is 8.83. The predicted octanol–water partition coefficient (Wildman–Crippen LogP) is 4.47. The summed E-state index contributed by atoms with van der Waals surface area (Å²) in [6, 6.07) is 11.0. The number of hydroxylamine groups is 2. The van der Waals surface area contributed by atoms with E-state index in [-0.39, 0.29) is 26.6 Å². The number of aryl methyl sites for hydroxylation is 1. The predicted molar refractivity (Wildman–Crippen MR) is 111 cm³/mol. The zero-order valence-electron chi connectivity index (χ0n) is 15.8. The molecule has 0 spiro atoms. The molecule has 31 heavy (non-hydrogen) atoms. The van der Waals surface area contributed by atoms with Gasteiger partial charge in [0.2, 0.25) is 0 Å². The second kappa shape index (κ2) is 7.93. The third-order valence-electron chi connectivity index (χ3n) is 4.45. The molecule has 1 aliphatic rings. The molecule has 0 saturated carbocycles. The maximum atomic E-state index is 13.2. The molecule has 0 aliphatic carbocycles. The number of hydrogen-bond donors (Lipinski definition) is 1. The molecule has 3 amide bonds. The second-order valence-corrected chi connectivity index (χ2v) is 7.99. The maximum absolute atomic E-state index is 13.2. The lowest BCUT2D eigenvalue weighted by atomic mass is 10.1. The van der Waals surface area contributed by atoms with Crippen LogP contribution in [0.15, 0.2) is 48.5 Å². The zero-order valence-corrected chi connectivity index (χ0v) is 17.3. The van der Waals surface area contributed by atoms with Crippen LogP contribution in [0.1, 0.15) is 46.3 Å². The maximum Gasteiger partial charge on any atom is 0.374 e. The van der Waals surface area contributed by atoms with E-state index in [0.29, 0.717) is 15.6 Å². The number of benzene rings is 2. The van der Waals surface area contributed by atoms with Crippen molar-refractivity contribution in [3.63, 3.8) is 0 Å². The summed E-state index contributed by atoms with van der Waals surface area (Å²) in [5.41, 5.74) is 0.816. The minimum Gasteiger partial charge on any atom is -0.323 e. The van der Waals surface area contributed by atoms with Gasteiger partial charge in [-0.25, -0.2) is 9.18 Å². The Labute approximate surface area is 183 Å². The Bertz CT molecular complexity index is 1240. The molecular formula is C21H12ClFN2O5S. The van der Waals surface area contributed by atoms with Crippen molar-refractivity contribution in [2.45, 2.75) is 6.92 Å². The van der Waals surface area contributed by atoms with Gasteiger partial charge in [-0.15, -0.1) is 11.3 Å². The largest absolute Gasteiger partial charge is 0.374 e. The number of nitrogens with zero attached hydrogens (tertiary/aromatic N) is 1. The fourth-order valence-electron chi connectivity index (χ4n) is 2.97. The summed E-state index contributed by atoms with van der Waals surface area (Å²) < 4.78 is 13.2. The van der Waals surface area contributed by atoms with Crippen LogP contribution >= 0.6 is 22.9 Å². The third-order valence-corrected chi connectivity index (χ3v) is 5.89. The van der Waals surface area contributed by atoms with Crippen molar-refractivity contribution in [1.29, 1.82) is 0 Å². The first-order chi connectivity index (χ1) is 14.8. The molecule has 0 atom stereocenters. The molecule has 2 heterocycles. The molecule has 10 heteroatoms. The summed E-state index contributed by atoms with van der Waals surface area (Å²) >= 11 is 6.79. The number of rotatable bonds is 4. The molecule has 0 saturated heterocycles. The smallest absolute Gasteiger partial charge is 0.323 e. The topological polar surface area (TPSA) is 92.8 Å². The summed E-state index contributed by atoms with van der Waals surface area (Å²) in [5, 5.41) is 3.24. The Balaban J connectivity index is 1.50. The number of amides is 3. The molecule has 3 aromatic rings. The number of carbonyl (C=O) groups excluding carboxylic acids is 4. The fourth-order valence-corrected chi connectivity index (χ4v) is 4.17. The molecule has 156 valence electrons. The lowest BCUT2D eigenvalue weighted by molar-refractivity contribution is -0.0581. The van der Waals surface area contributed by atoms with Gasteiger partial charge in [0, 0.05) is 0 Å². The molecule has 4 rings (SSSR count). The standard InChI is InChI=1S/C21H12ClFN2O5S/c1-10-8-16(24-18(26)14-7-6-11(23)9-15(14)22)31-17(10)21(29)30-25-19(27)12-4-2-3-5-13(12)20(25)28/h2-9H,1H3,(H,24,26). The van der Waals surface area contributed by atoms with Gasteiger partial charge in [0.15, 0.2) is 0 Å². The monoisotopic (exact) mass is 458 g/mol. The molecular weight excluding hydrogens is 447 g/mol. The minimum absolute atomic E-state index is 0.0592. The lowest BCUT2D eigenvalue weighted by Crippen LogP contribution is -2.32. The van der Waals surface area contributed by atoms with Crippen LogP contribution < -0.4 is 5.32 Å². The van der Waals surface area contributed by atoms with Gasteiger partial charge in [0.25, 0.3) is 17.7 Å². The van der Waals surface area contributed by atoms with Crippen molar-refractivity contribution in [3.8, 4) is 0 Å². The van der Waals surface area contributed by atoms with Crippen LogP contribution in [-0.4, -0.2) is 28.8 Å². The zero-order chi connectivity index (χ0) is 22.3. The number of fused-ring (bicyclic) bond motifs is 1.